The van der Waals surface area contributed by atoms with Crippen molar-refractivity contribution in [1.29, 1.82) is 0 Å². The molecule has 2 atom stereocenters. The van der Waals surface area contributed by atoms with Crippen LogP contribution in [-0.4, -0.2) is 22.2 Å². The molecule has 0 aromatic carbocycles. The molecule has 96 valence electrons. The van der Waals surface area contributed by atoms with E-state index in [1.54, 1.807) is 6.08 Å². The van der Waals surface area contributed by atoms with Crippen LogP contribution in [0.25, 0.3) is 0 Å². The zero-order chi connectivity index (χ0) is 11.1. The molecular formula is C12H24O4. The normalized spacial score (nSPS) is 13.4. The highest BCUT2D eigenvalue weighted by Crippen LogP contribution is 2.17. The number of hydrogen-bond donors (Lipinski definition) is 2. The van der Waals surface area contributed by atoms with E-state index in [9.17, 15) is 9.59 Å². The van der Waals surface area contributed by atoms with Crippen molar-refractivity contribution in [2.75, 3.05) is 0 Å². The molecule has 0 aromatic heterocycles. The van der Waals surface area contributed by atoms with Crippen molar-refractivity contribution in [3.8, 4) is 0 Å². The minimum absolute atomic E-state index is 0. The maximum atomic E-state index is 10.7. The summed E-state index contributed by atoms with van der Waals surface area (Å²) in [7, 11) is 0. The minimum atomic E-state index is -1.07. The second kappa shape index (κ2) is 10.2. The van der Waals surface area contributed by atoms with Crippen LogP contribution in [0.3, 0.4) is 0 Å². The predicted octanol–water partition coefficient (Wildman–Crippen LogP) is 3.04. The first kappa shape index (κ1) is 20.1. The standard InChI is InChI=1S/C10H16O4.2CH4/c1-3-4-5-6-8(10(13)14)7(2)9(11)12;;/h4-5,7-8H,3,6H2,1-2H3,(H,11,12)(H,13,14);2*1H4. The summed E-state index contributed by atoms with van der Waals surface area (Å²) in [5.41, 5.74) is 0. The molecule has 0 aliphatic carbocycles. The van der Waals surface area contributed by atoms with Crippen LogP contribution in [0.5, 0.6) is 0 Å². The molecule has 0 aliphatic rings. The van der Waals surface area contributed by atoms with Crippen molar-refractivity contribution in [2.24, 2.45) is 11.8 Å². The van der Waals surface area contributed by atoms with Crippen LogP contribution < -0.4 is 0 Å². The van der Waals surface area contributed by atoms with Crippen LogP contribution in [0.1, 0.15) is 41.5 Å². The third-order valence-electron chi connectivity index (χ3n) is 2.10. The van der Waals surface area contributed by atoms with Gasteiger partial charge in [0.15, 0.2) is 0 Å². The Kier molecular flexibility index (Phi) is 12.8. The van der Waals surface area contributed by atoms with Gasteiger partial charge in [0.2, 0.25) is 0 Å². The topological polar surface area (TPSA) is 74.6 Å². The Bertz CT molecular complexity index is 233. The van der Waals surface area contributed by atoms with Crippen LogP contribution >= 0.6 is 0 Å². The molecular weight excluding hydrogens is 208 g/mol. The van der Waals surface area contributed by atoms with Gasteiger partial charge in [0.05, 0.1) is 11.8 Å². The number of rotatable bonds is 6. The first-order valence-electron chi connectivity index (χ1n) is 4.61. The summed E-state index contributed by atoms with van der Waals surface area (Å²) in [6.45, 7) is 3.35. The van der Waals surface area contributed by atoms with Gasteiger partial charge in [0.1, 0.15) is 0 Å². The molecule has 0 aromatic rings. The van der Waals surface area contributed by atoms with Gasteiger partial charge in [-0.15, -0.1) is 0 Å². The molecule has 0 saturated heterocycles. The summed E-state index contributed by atoms with van der Waals surface area (Å²) >= 11 is 0. The Morgan fingerprint density at radius 1 is 1.12 bits per heavy atom. The van der Waals surface area contributed by atoms with Crippen molar-refractivity contribution < 1.29 is 19.8 Å². The largest absolute Gasteiger partial charge is 0.481 e. The van der Waals surface area contributed by atoms with Gasteiger partial charge in [-0.25, -0.2) is 0 Å². The lowest BCUT2D eigenvalue weighted by atomic mass is 9.91. The summed E-state index contributed by atoms with van der Waals surface area (Å²) in [4.78, 5) is 21.3. The van der Waals surface area contributed by atoms with E-state index < -0.39 is 23.8 Å². The van der Waals surface area contributed by atoms with E-state index >= 15 is 0 Å². The molecule has 0 fully saturated rings. The van der Waals surface area contributed by atoms with Crippen LogP contribution in [0.15, 0.2) is 12.2 Å². The van der Waals surface area contributed by atoms with Crippen LogP contribution in [-0.2, 0) is 9.59 Å². The highest BCUT2D eigenvalue weighted by Gasteiger charge is 2.28. The van der Waals surface area contributed by atoms with Gasteiger partial charge in [0, 0.05) is 0 Å². The van der Waals surface area contributed by atoms with Gasteiger partial charge in [-0.1, -0.05) is 40.9 Å². The van der Waals surface area contributed by atoms with E-state index in [2.05, 4.69) is 0 Å². The number of allylic oxidation sites excluding steroid dienone is 2. The molecule has 16 heavy (non-hydrogen) atoms. The Labute approximate surface area is 98.0 Å². The lowest BCUT2D eigenvalue weighted by Gasteiger charge is -2.13. The Balaban J connectivity index is -0.000000845. The fourth-order valence-electron chi connectivity index (χ4n) is 1.10. The molecule has 2 N–H and O–H groups in total. The van der Waals surface area contributed by atoms with Crippen molar-refractivity contribution in [3.05, 3.63) is 12.2 Å². The second-order valence-electron chi connectivity index (χ2n) is 3.19. The zero-order valence-corrected chi connectivity index (χ0v) is 8.43. The molecule has 0 saturated carbocycles. The van der Waals surface area contributed by atoms with E-state index in [0.29, 0.717) is 0 Å². The molecule has 0 radical (unpaired) electrons. The summed E-state index contributed by atoms with van der Waals surface area (Å²) in [5, 5.41) is 17.5. The molecule has 0 aliphatic heterocycles. The number of hydrogen-bond acceptors (Lipinski definition) is 2. The first-order chi connectivity index (χ1) is 6.50. The minimum Gasteiger partial charge on any atom is -0.481 e. The lowest BCUT2D eigenvalue weighted by molar-refractivity contribution is -0.152. The second-order valence-corrected chi connectivity index (χ2v) is 3.19. The quantitative estimate of drug-likeness (QED) is 0.690. The van der Waals surface area contributed by atoms with Crippen LogP contribution in [0, 0.1) is 11.8 Å². The molecule has 0 bridgehead atoms. The highest BCUT2D eigenvalue weighted by atomic mass is 16.4. The first-order valence-corrected chi connectivity index (χ1v) is 4.61. The van der Waals surface area contributed by atoms with E-state index in [-0.39, 0.29) is 21.3 Å². The number of carbonyl (C=O) groups is 2. The Hall–Kier alpha value is -1.32. The van der Waals surface area contributed by atoms with Gasteiger partial charge in [-0.05, 0) is 12.8 Å². The summed E-state index contributed by atoms with van der Waals surface area (Å²) in [6, 6.07) is 0. The summed E-state index contributed by atoms with van der Waals surface area (Å²) in [6.07, 6.45) is 4.66. The Morgan fingerprint density at radius 3 is 1.94 bits per heavy atom. The molecule has 0 spiro atoms. The SMILES string of the molecule is C.C.CCC=CCC(C(=O)O)C(C)C(=O)O. The maximum Gasteiger partial charge on any atom is 0.307 e. The van der Waals surface area contributed by atoms with Gasteiger partial charge in [0.25, 0.3) is 0 Å². The van der Waals surface area contributed by atoms with E-state index in [0.717, 1.165) is 6.42 Å². The lowest BCUT2D eigenvalue weighted by Crippen LogP contribution is -2.27. The number of aliphatic carboxylic acids is 2. The van der Waals surface area contributed by atoms with E-state index in [1.807, 2.05) is 13.0 Å². The average molecular weight is 232 g/mol. The van der Waals surface area contributed by atoms with Crippen molar-refractivity contribution in [2.45, 2.75) is 41.5 Å². The fraction of sp³-hybridized carbons (Fsp3) is 0.667. The molecule has 0 heterocycles. The number of carboxylic acids is 2. The van der Waals surface area contributed by atoms with Crippen LogP contribution in [0.4, 0.5) is 0 Å². The van der Waals surface area contributed by atoms with Crippen molar-refractivity contribution >= 4 is 11.9 Å². The average Bonchev–Trinajstić information content (AvgIpc) is 2.10. The van der Waals surface area contributed by atoms with Gasteiger partial charge in [-0.2, -0.15) is 0 Å². The maximum absolute atomic E-state index is 10.7. The smallest absolute Gasteiger partial charge is 0.307 e. The summed E-state index contributed by atoms with van der Waals surface area (Å²) < 4.78 is 0. The van der Waals surface area contributed by atoms with Crippen molar-refractivity contribution in [3.63, 3.8) is 0 Å². The molecule has 4 nitrogen and oxygen atoms in total. The Morgan fingerprint density at radius 2 is 1.62 bits per heavy atom. The molecule has 4 heteroatoms. The third kappa shape index (κ3) is 7.04. The highest BCUT2D eigenvalue weighted by molar-refractivity contribution is 5.79. The van der Waals surface area contributed by atoms with Gasteiger partial charge >= 0.3 is 11.9 Å². The zero-order valence-electron chi connectivity index (χ0n) is 8.43. The van der Waals surface area contributed by atoms with E-state index in [1.165, 1.54) is 6.92 Å². The van der Waals surface area contributed by atoms with Crippen LogP contribution in [0.2, 0.25) is 0 Å². The fourth-order valence-corrected chi connectivity index (χ4v) is 1.10. The van der Waals surface area contributed by atoms with Gasteiger partial charge < -0.3 is 10.2 Å². The molecule has 0 amide bonds. The summed E-state index contributed by atoms with van der Waals surface area (Å²) in [5.74, 6) is -3.81. The monoisotopic (exact) mass is 232 g/mol. The van der Waals surface area contributed by atoms with Gasteiger partial charge in [-0.3, -0.25) is 9.59 Å². The number of carboxylic acid groups (broad SMARTS) is 2. The predicted molar refractivity (Wildman–Crippen MR) is 65.4 cm³/mol. The van der Waals surface area contributed by atoms with E-state index in [4.69, 9.17) is 10.2 Å². The third-order valence-corrected chi connectivity index (χ3v) is 2.10. The molecule has 2 unspecified atom stereocenters. The van der Waals surface area contributed by atoms with Crippen molar-refractivity contribution in [1.82, 2.24) is 0 Å². The molecule has 0 rings (SSSR count).